The van der Waals surface area contributed by atoms with Crippen LogP contribution in [0.25, 0.3) is 0 Å². The van der Waals surface area contributed by atoms with Gasteiger partial charge in [0.05, 0.1) is 0 Å². The van der Waals surface area contributed by atoms with Crippen molar-refractivity contribution in [3.05, 3.63) is 17.5 Å². The Kier molecular flexibility index (Phi) is 3.04. The van der Waals surface area contributed by atoms with Crippen LogP contribution in [0.5, 0.6) is 0 Å². The summed E-state index contributed by atoms with van der Waals surface area (Å²) in [4.78, 5) is 10.6. The normalized spacial score (nSPS) is 17.9. The fourth-order valence-corrected chi connectivity index (χ4v) is 2.19. The Hall–Kier alpha value is -1.32. The van der Waals surface area contributed by atoms with Gasteiger partial charge in [0.1, 0.15) is 5.76 Å². The minimum absolute atomic E-state index is 0.0146. The number of carbonyl (C=O) groups is 1. The number of aromatic nitrogens is 1. The van der Waals surface area contributed by atoms with Gasteiger partial charge in [0.25, 0.3) is 0 Å². The number of hydrogen-bond donors (Lipinski definition) is 1. The van der Waals surface area contributed by atoms with E-state index in [1.54, 1.807) is 0 Å². The molecular weight excluding hydrogens is 194 g/mol. The molecule has 4 nitrogen and oxygen atoms in total. The Labute approximate surface area is 88.3 Å². The summed E-state index contributed by atoms with van der Waals surface area (Å²) in [6.07, 6.45) is 7.18. The molecule has 0 aromatic carbocycles. The number of carboxylic acids is 1. The van der Waals surface area contributed by atoms with E-state index in [2.05, 4.69) is 5.16 Å². The van der Waals surface area contributed by atoms with E-state index in [1.165, 1.54) is 38.2 Å². The fourth-order valence-electron chi connectivity index (χ4n) is 2.19. The van der Waals surface area contributed by atoms with Crippen LogP contribution in [0.3, 0.4) is 0 Å². The second-order valence-electron chi connectivity index (χ2n) is 4.19. The molecule has 0 unspecified atom stereocenters. The minimum Gasteiger partial charge on any atom is -0.476 e. The fraction of sp³-hybridized carbons (Fsp3) is 0.636. The smallest absolute Gasteiger partial charge is 0.358 e. The monoisotopic (exact) mass is 209 g/mol. The molecule has 0 bridgehead atoms. The van der Waals surface area contributed by atoms with Crippen molar-refractivity contribution in [2.45, 2.75) is 38.5 Å². The lowest BCUT2D eigenvalue weighted by atomic mass is 9.86. The lowest BCUT2D eigenvalue weighted by molar-refractivity contribution is 0.0685. The molecule has 0 amide bonds. The van der Waals surface area contributed by atoms with Crippen LogP contribution in [-0.2, 0) is 6.42 Å². The molecule has 2 rings (SSSR count). The average molecular weight is 209 g/mol. The first kappa shape index (κ1) is 10.2. The second kappa shape index (κ2) is 4.47. The van der Waals surface area contributed by atoms with Crippen molar-refractivity contribution in [3.63, 3.8) is 0 Å². The van der Waals surface area contributed by atoms with Crippen LogP contribution >= 0.6 is 0 Å². The van der Waals surface area contributed by atoms with E-state index in [1.807, 2.05) is 0 Å². The first-order valence-corrected chi connectivity index (χ1v) is 5.44. The lowest BCUT2D eigenvalue weighted by Crippen LogP contribution is -2.08. The maximum absolute atomic E-state index is 10.6. The highest BCUT2D eigenvalue weighted by atomic mass is 16.5. The summed E-state index contributed by atoms with van der Waals surface area (Å²) in [7, 11) is 0. The van der Waals surface area contributed by atoms with Gasteiger partial charge in [-0.2, -0.15) is 0 Å². The van der Waals surface area contributed by atoms with Gasteiger partial charge in [-0.15, -0.1) is 0 Å². The van der Waals surface area contributed by atoms with E-state index in [4.69, 9.17) is 9.63 Å². The summed E-state index contributed by atoms with van der Waals surface area (Å²) >= 11 is 0. The van der Waals surface area contributed by atoms with Gasteiger partial charge in [-0.3, -0.25) is 0 Å². The quantitative estimate of drug-likeness (QED) is 0.830. The van der Waals surface area contributed by atoms with Crippen LogP contribution < -0.4 is 0 Å². The lowest BCUT2D eigenvalue weighted by Gasteiger charge is -2.19. The van der Waals surface area contributed by atoms with Gasteiger partial charge < -0.3 is 9.63 Å². The predicted octanol–water partition coefficient (Wildman–Crippen LogP) is 2.50. The van der Waals surface area contributed by atoms with E-state index >= 15 is 0 Å². The van der Waals surface area contributed by atoms with Crippen molar-refractivity contribution in [1.82, 2.24) is 5.16 Å². The Bertz CT molecular complexity index is 339. The standard InChI is InChI=1S/C11H15NO3/c13-11(14)10-7-9(15-12-10)6-8-4-2-1-3-5-8/h7-8H,1-6H2,(H,13,14). The SMILES string of the molecule is O=C(O)c1cc(CC2CCCCC2)on1. The highest BCUT2D eigenvalue weighted by Crippen LogP contribution is 2.26. The van der Waals surface area contributed by atoms with E-state index < -0.39 is 5.97 Å². The Balaban J connectivity index is 1.94. The maximum atomic E-state index is 10.6. The van der Waals surface area contributed by atoms with Gasteiger partial charge in [0.15, 0.2) is 5.69 Å². The largest absolute Gasteiger partial charge is 0.476 e. The maximum Gasteiger partial charge on any atom is 0.358 e. The van der Waals surface area contributed by atoms with Crippen LogP contribution in [0, 0.1) is 5.92 Å². The third-order valence-electron chi connectivity index (χ3n) is 2.99. The molecular formula is C11H15NO3. The van der Waals surface area contributed by atoms with Crippen LogP contribution in [0.4, 0.5) is 0 Å². The van der Waals surface area contributed by atoms with Crippen molar-refractivity contribution in [3.8, 4) is 0 Å². The minimum atomic E-state index is -1.02. The zero-order chi connectivity index (χ0) is 10.7. The molecule has 0 saturated heterocycles. The van der Waals surface area contributed by atoms with Gasteiger partial charge in [-0.05, 0) is 5.92 Å². The number of nitrogens with zero attached hydrogens (tertiary/aromatic N) is 1. The molecule has 1 saturated carbocycles. The number of rotatable bonds is 3. The molecule has 1 aromatic heterocycles. The summed E-state index contributed by atoms with van der Waals surface area (Å²) in [5, 5.41) is 12.2. The Morgan fingerprint density at radius 1 is 1.47 bits per heavy atom. The molecule has 1 aromatic rings. The van der Waals surface area contributed by atoms with Crippen molar-refractivity contribution in [2.75, 3.05) is 0 Å². The highest BCUT2D eigenvalue weighted by molar-refractivity contribution is 5.85. The number of carboxylic acid groups (broad SMARTS) is 1. The molecule has 0 aliphatic heterocycles. The van der Waals surface area contributed by atoms with Crippen molar-refractivity contribution in [2.24, 2.45) is 5.92 Å². The summed E-state index contributed by atoms with van der Waals surface area (Å²) in [5.74, 6) is 0.335. The molecule has 1 N–H and O–H groups in total. The topological polar surface area (TPSA) is 63.3 Å². The molecule has 0 spiro atoms. The third kappa shape index (κ3) is 2.58. The van der Waals surface area contributed by atoms with Gasteiger partial charge in [0.2, 0.25) is 0 Å². The van der Waals surface area contributed by atoms with Crippen molar-refractivity contribution < 1.29 is 14.4 Å². The first-order chi connectivity index (χ1) is 7.25. The molecule has 82 valence electrons. The van der Waals surface area contributed by atoms with Crippen molar-refractivity contribution in [1.29, 1.82) is 0 Å². The first-order valence-electron chi connectivity index (χ1n) is 5.44. The van der Waals surface area contributed by atoms with E-state index in [-0.39, 0.29) is 5.69 Å². The predicted molar refractivity (Wildman–Crippen MR) is 53.7 cm³/mol. The van der Waals surface area contributed by atoms with E-state index in [0.29, 0.717) is 11.7 Å². The molecule has 0 atom stereocenters. The van der Waals surface area contributed by atoms with Gasteiger partial charge in [-0.25, -0.2) is 4.79 Å². The number of aromatic carboxylic acids is 1. The van der Waals surface area contributed by atoms with E-state index in [0.717, 1.165) is 6.42 Å². The molecule has 1 heterocycles. The summed E-state index contributed by atoms with van der Waals surface area (Å²) in [6.45, 7) is 0. The van der Waals surface area contributed by atoms with Crippen molar-refractivity contribution >= 4 is 5.97 Å². The summed E-state index contributed by atoms with van der Waals surface area (Å²) in [5.41, 5.74) is 0.0146. The van der Waals surface area contributed by atoms with Crippen LogP contribution in [0.15, 0.2) is 10.6 Å². The zero-order valence-corrected chi connectivity index (χ0v) is 8.61. The number of hydrogen-bond acceptors (Lipinski definition) is 3. The third-order valence-corrected chi connectivity index (χ3v) is 2.99. The second-order valence-corrected chi connectivity index (χ2v) is 4.19. The van der Waals surface area contributed by atoms with Crippen LogP contribution in [-0.4, -0.2) is 16.2 Å². The average Bonchev–Trinajstić information content (AvgIpc) is 2.68. The molecule has 1 aliphatic rings. The molecule has 1 fully saturated rings. The van der Waals surface area contributed by atoms with Gasteiger partial charge in [-0.1, -0.05) is 37.3 Å². The molecule has 15 heavy (non-hydrogen) atoms. The highest BCUT2D eigenvalue weighted by Gasteiger charge is 2.17. The summed E-state index contributed by atoms with van der Waals surface area (Å²) < 4.78 is 5.00. The van der Waals surface area contributed by atoms with Crippen LogP contribution in [0.1, 0.15) is 48.4 Å². The Morgan fingerprint density at radius 2 is 2.20 bits per heavy atom. The summed E-state index contributed by atoms with van der Waals surface area (Å²) in [6, 6.07) is 1.54. The molecule has 4 heteroatoms. The van der Waals surface area contributed by atoms with Gasteiger partial charge in [0, 0.05) is 12.5 Å². The van der Waals surface area contributed by atoms with Crippen LogP contribution in [0.2, 0.25) is 0 Å². The van der Waals surface area contributed by atoms with E-state index in [9.17, 15) is 4.79 Å². The molecule has 0 radical (unpaired) electrons. The Morgan fingerprint density at radius 3 is 2.80 bits per heavy atom. The van der Waals surface area contributed by atoms with Gasteiger partial charge >= 0.3 is 5.97 Å². The zero-order valence-electron chi connectivity index (χ0n) is 8.61. The molecule has 1 aliphatic carbocycles.